The lowest BCUT2D eigenvalue weighted by Gasteiger charge is -2.28. The number of aliphatic hydroxyl groups excluding tert-OH is 1. The third kappa shape index (κ3) is 5.92. The maximum absolute atomic E-state index is 13.0. The Morgan fingerprint density at radius 2 is 1.85 bits per heavy atom. The van der Waals surface area contributed by atoms with Crippen LogP contribution in [0.2, 0.25) is 0 Å². The molecule has 0 radical (unpaired) electrons. The zero-order valence-corrected chi connectivity index (χ0v) is 15.6. The number of sulfonamides is 1. The van der Waals surface area contributed by atoms with Gasteiger partial charge >= 0.3 is 0 Å². The van der Waals surface area contributed by atoms with E-state index in [1.165, 1.54) is 36.9 Å². The van der Waals surface area contributed by atoms with Crippen molar-refractivity contribution in [1.29, 1.82) is 0 Å². The van der Waals surface area contributed by atoms with E-state index in [1.807, 2.05) is 0 Å². The second-order valence-electron chi connectivity index (χ2n) is 5.67. The Kier molecular flexibility index (Phi) is 9.52. The van der Waals surface area contributed by atoms with E-state index in [0.717, 1.165) is 23.6 Å². The molecule has 9 nitrogen and oxygen atoms in total. The maximum atomic E-state index is 13.0. The number of rotatable bonds is 12. The SMILES string of the molecule is COc1ccc(S(=O)(=O)N(CCCCCCN)[C@H](CO)C(=O)NO)cc1. The predicted octanol–water partition coefficient (Wildman–Crippen LogP) is 0.0713. The molecule has 1 atom stereocenters. The van der Waals surface area contributed by atoms with Gasteiger partial charge in [-0.3, -0.25) is 10.0 Å². The third-order valence-corrected chi connectivity index (χ3v) is 5.85. The van der Waals surface area contributed by atoms with Crippen LogP contribution >= 0.6 is 0 Å². The summed E-state index contributed by atoms with van der Waals surface area (Å²) in [6, 6.07) is 4.28. The molecule has 1 amide bonds. The van der Waals surface area contributed by atoms with Crippen molar-refractivity contribution in [3.63, 3.8) is 0 Å². The number of methoxy groups -OCH3 is 1. The summed E-state index contributed by atoms with van der Waals surface area (Å²) in [5.74, 6) is -0.504. The number of unbranched alkanes of at least 4 members (excludes halogenated alkanes) is 3. The molecule has 0 unspecified atom stereocenters. The van der Waals surface area contributed by atoms with Crippen molar-refractivity contribution in [2.24, 2.45) is 5.73 Å². The molecule has 148 valence electrons. The van der Waals surface area contributed by atoms with Crippen molar-refractivity contribution in [1.82, 2.24) is 9.79 Å². The average molecular weight is 389 g/mol. The Bertz CT molecular complexity index is 650. The smallest absolute Gasteiger partial charge is 0.264 e. The quantitative estimate of drug-likeness (QED) is 0.225. The lowest BCUT2D eigenvalue weighted by Crippen LogP contribution is -2.51. The summed E-state index contributed by atoms with van der Waals surface area (Å²) in [6.07, 6.45) is 2.88. The lowest BCUT2D eigenvalue weighted by atomic mass is 10.2. The van der Waals surface area contributed by atoms with Crippen LogP contribution in [0.4, 0.5) is 0 Å². The molecule has 0 saturated heterocycles. The molecule has 0 aliphatic carbocycles. The van der Waals surface area contributed by atoms with Gasteiger partial charge in [-0.1, -0.05) is 12.8 Å². The van der Waals surface area contributed by atoms with E-state index in [-0.39, 0.29) is 11.4 Å². The number of hydroxylamine groups is 1. The Hall–Kier alpha value is -1.72. The van der Waals surface area contributed by atoms with Gasteiger partial charge in [0.1, 0.15) is 11.8 Å². The van der Waals surface area contributed by atoms with E-state index in [4.69, 9.17) is 15.7 Å². The highest BCUT2D eigenvalue weighted by atomic mass is 32.2. The molecule has 0 aliphatic rings. The van der Waals surface area contributed by atoms with Crippen LogP contribution in [-0.4, -0.2) is 61.8 Å². The highest BCUT2D eigenvalue weighted by Crippen LogP contribution is 2.22. The number of benzene rings is 1. The number of aliphatic hydroxyl groups is 1. The zero-order valence-electron chi connectivity index (χ0n) is 14.8. The molecule has 0 heterocycles. The summed E-state index contributed by atoms with van der Waals surface area (Å²) < 4.78 is 31.8. The fourth-order valence-corrected chi connectivity index (χ4v) is 4.09. The van der Waals surface area contributed by atoms with E-state index < -0.39 is 28.6 Å². The van der Waals surface area contributed by atoms with Crippen molar-refractivity contribution in [2.75, 3.05) is 26.8 Å². The van der Waals surface area contributed by atoms with Gasteiger partial charge in [0.05, 0.1) is 18.6 Å². The largest absolute Gasteiger partial charge is 0.497 e. The molecule has 5 N–H and O–H groups in total. The maximum Gasteiger partial charge on any atom is 0.264 e. The van der Waals surface area contributed by atoms with Crippen molar-refractivity contribution in [2.45, 2.75) is 36.6 Å². The number of carbonyl (C=O) groups excluding carboxylic acids is 1. The average Bonchev–Trinajstić information content (AvgIpc) is 2.66. The molecule has 0 aromatic heterocycles. The van der Waals surface area contributed by atoms with Crippen LogP contribution in [0.5, 0.6) is 5.75 Å². The van der Waals surface area contributed by atoms with Gasteiger partial charge in [-0.25, -0.2) is 13.9 Å². The number of nitrogens with zero attached hydrogens (tertiary/aromatic N) is 1. The zero-order chi connectivity index (χ0) is 19.6. The first-order valence-corrected chi connectivity index (χ1v) is 9.77. The molecule has 1 rings (SSSR count). The van der Waals surface area contributed by atoms with E-state index in [9.17, 15) is 18.3 Å². The lowest BCUT2D eigenvalue weighted by molar-refractivity contribution is -0.134. The van der Waals surface area contributed by atoms with Gasteiger partial charge in [-0.15, -0.1) is 0 Å². The summed E-state index contributed by atoms with van der Waals surface area (Å²) in [6.45, 7) is -0.178. The number of hydrogen-bond donors (Lipinski definition) is 4. The first-order chi connectivity index (χ1) is 12.4. The van der Waals surface area contributed by atoms with E-state index in [2.05, 4.69) is 0 Å². The van der Waals surface area contributed by atoms with Crippen molar-refractivity contribution in [3.8, 4) is 5.75 Å². The van der Waals surface area contributed by atoms with Crippen LogP contribution in [0.1, 0.15) is 25.7 Å². The number of carbonyl (C=O) groups is 1. The second-order valence-corrected chi connectivity index (χ2v) is 7.56. The Morgan fingerprint density at radius 1 is 1.23 bits per heavy atom. The Balaban J connectivity index is 3.08. The van der Waals surface area contributed by atoms with Gasteiger partial charge in [0.25, 0.3) is 5.91 Å². The fraction of sp³-hybridized carbons (Fsp3) is 0.562. The summed E-state index contributed by atoms with van der Waals surface area (Å²) >= 11 is 0. The number of nitrogens with one attached hydrogen (secondary N) is 1. The number of hydrogen-bond acceptors (Lipinski definition) is 7. The molecule has 1 aromatic rings. The van der Waals surface area contributed by atoms with Crippen LogP contribution in [-0.2, 0) is 14.8 Å². The van der Waals surface area contributed by atoms with Gasteiger partial charge in [-0.2, -0.15) is 4.31 Å². The Morgan fingerprint density at radius 3 is 2.35 bits per heavy atom. The van der Waals surface area contributed by atoms with Crippen LogP contribution < -0.4 is 16.0 Å². The third-order valence-electron chi connectivity index (χ3n) is 3.93. The minimum absolute atomic E-state index is 0.0254. The Labute approximate surface area is 153 Å². The highest BCUT2D eigenvalue weighted by molar-refractivity contribution is 7.89. The topological polar surface area (TPSA) is 142 Å². The molecule has 0 bridgehead atoms. The molecule has 0 spiro atoms. The van der Waals surface area contributed by atoms with Crippen LogP contribution in [0.25, 0.3) is 0 Å². The molecule has 1 aromatic carbocycles. The number of nitrogens with two attached hydrogens (primary N) is 1. The van der Waals surface area contributed by atoms with Gasteiger partial charge in [-0.05, 0) is 43.7 Å². The molecular formula is C16H27N3O6S. The second kappa shape index (κ2) is 11.1. The first-order valence-electron chi connectivity index (χ1n) is 8.33. The van der Waals surface area contributed by atoms with Gasteiger partial charge in [0, 0.05) is 6.54 Å². The molecule has 0 saturated carbocycles. The van der Waals surface area contributed by atoms with Crippen molar-refractivity contribution >= 4 is 15.9 Å². The minimum atomic E-state index is -4.06. The van der Waals surface area contributed by atoms with Gasteiger partial charge in [0.2, 0.25) is 10.0 Å². The molecule has 0 fully saturated rings. The van der Waals surface area contributed by atoms with E-state index >= 15 is 0 Å². The summed E-state index contributed by atoms with van der Waals surface area (Å²) in [5.41, 5.74) is 6.84. The predicted molar refractivity (Wildman–Crippen MR) is 95.2 cm³/mol. The van der Waals surface area contributed by atoms with Crippen molar-refractivity contribution < 1.29 is 28.3 Å². The monoisotopic (exact) mass is 389 g/mol. The number of amides is 1. The first kappa shape index (κ1) is 22.3. The molecule has 26 heavy (non-hydrogen) atoms. The minimum Gasteiger partial charge on any atom is -0.497 e. The van der Waals surface area contributed by atoms with Gasteiger partial charge in [0.15, 0.2) is 0 Å². The number of ether oxygens (including phenoxy) is 1. The van der Waals surface area contributed by atoms with Crippen LogP contribution in [0.15, 0.2) is 29.2 Å². The van der Waals surface area contributed by atoms with Crippen molar-refractivity contribution in [3.05, 3.63) is 24.3 Å². The van der Waals surface area contributed by atoms with Crippen LogP contribution in [0, 0.1) is 0 Å². The van der Waals surface area contributed by atoms with Gasteiger partial charge < -0.3 is 15.6 Å². The highest BCUT2D eigenvalue weighted by Gasteiger charge is 2.35. The van der Waals surface area contributed by atoms with E-state index in [0.29, 0.717) is 18.7 Å². The summed E-state index contributed by atoms with van der Waals surface area (Å²) in [7, 11) is -2.60. The summed E-state index contributed by atoms with van der Waals surface area (Å²) in [5, 5.41) is 18.4. The molecule has 10 heteroatoms. The normalized spacial score (nSPS) is 12.8. The van der Waals surface area contributed by atoms with Crippen LogP contribution in [0.3, 0.4) is 0 Å². The summed E-state index contributed by atoms with van der Waals surface area (Å²) in [4.78, 5) is 11.8. The fourth-order valence-electron chi connectivity index (χ4n) is 2.47. The van der Waals surface area contributed by atoms with E-state index in [1.54, 1.807) is 0 Å². The standard InChI is InChI=1S/C16H27N3O6S/c1-25-13-6-8-14(9-7-13)26(23,24)19(11-5-3-2-4-10-17)15(12-20)16(21)18-22/h6-9,15,20,22H,2-5,10-12,17H2,1H3,(H,18,21)/t15-/m1/s1. The molecule has 0 aliphatic heterocycles. The molecular weight excluding hydrogens is 362 g/mol.